The molecule has 0 aliphatic carbocycles. The maximum atomic E-state index is 12.6. The van der Waals surface area contributed by atoms with E-state index in [0.717, 1.165) is 12.8 Å². The molecule has 5 nitrogen and oxygen atoms in total. The number of amides is 1. The van der Waals surface area contributed by atoms with Crippen molar-refractivity contribution in [3.63, 3.8) is 0 Å². The van der Waals surface area contributed by atoms with Gasteiger partial charge in [0.25, 0.3) is 11.5 Å². The van der Waals surface area contributed by atoms with Crippen LogP contribution < -0.4 is 5.56 Å². The Bertz CT molecular complexity index is 617. The molecule has 3 heterocycles. The van der Waals surface area contributed by atoms with Gasteiger partial charge in [-0.2, -0.15) is 0 Å². The van der Waals surface area contributed by atoms with Crippen LogP contribution in [0.1, 0.15) is 42.6 Å². The lowest BCUT2D eigenvalue weighted by Crippen LogP contribution is -2.47. The fourth-order valence-electron chi connectivity index (χ4n) is 3.78. The van der Waals surface area contributed by atoms with Crippen molar-refractivity contribution in [2.45, 2.75) is 50.6 Å². The van der Waals surface area contributed by atoms with E-state index in [0.29, 0.717) is 12.8 Å². The van der Waals surface area contributed by atoms with E-state index in [2.05, 4.69) is 4.98 Å². The van der Waals surface area contributed by atoms with Crippen LogP contribution >= 0.6 is 0 Å². The van der Waals surface area contributed by atoms with E-state index in [1.807, 2.05) is 0 Å². The van der Waals surface area contributed by atoms with E-state index in [4.69, 9.17) is 0 Å². The second-order valence-electron chi connectivity index (χ2n) is 6.28. The summed E-state index contributed by atoms with van der Waals surface area (Å²) in [6, 6.07) is 1.24. The first-order chi connectivity index (χ1) is 10.5. The second-order valence-corrected chi connectivity index (χ2v) is 6.28. The smallest absolute Gasteiger partial charge is 0.273 e. The molecule has 7 heteroatoms. The van der Waals surface area contributed by atoms with Crippen LogP contribution in [0.4, 0.5) is 8.78 Å². The fraction of sp³-hybridized carbons (Fsp3) is 0.667. The van der Waals surface area contributed by atoms with E-state index in [9.17, 15) is 18.4 Å². The molecule has 3 rings (SSSR count). The lowest BCUT2D eigenvalue weighted by atomic mass is 9.88. The Morgan fingerprint density at radius 3 is 2.55 bits per heavy atom. The molecule has 1 amide bonds. The molecule has 120 valence electrons. The number of fused-ring (bicyclic) bond motifs is 2. The molecule has 1 aromatic heterocycles. The van der Waals surface area contributed by atoms with E-state index >= 15 is 0 Å². The molecule has 0 saturated carbocycles. The Morgan fingerprint density at radius 2 is 2.00 bits per heavy atom. The lowest BCUT2D eigenvalue weighted by molar-refractivity contribution is 0.0404. The summed E-state index contributed by atoms with van der Waals surface area (Å²) in [5, 5.41) is 0. The quantitative estimate of drug-likeness (QED) is 0.855. The van der Waals surface area contributed by atoms with Crippen molar-refractivity contribution >= 4 is 5.91 Å². The molecule has 0 spiro atoms. The zero-order chi connectivity index (χ0) is 15.9. The molecule has 1 aromatic rings. The molecule has 2 fully saturated rings. The van der Waals surface area contributed by atoms with Crippen LogP contribution in [0.3, 0.4) is 0 Å². The first-order valence-electron chi connectivity index (χ1n) is 7.59. The van der Waals surface area contributed by atoms with E-state index in [-0.39, 0.29) is 41.6 Å². The SMILES string of the molecule is Cn1cnc(C(=O)N2C3CCC2CC(CC(F)F)C3)cc1=O. The summed E-state index contributed by atoms with van der Waals surface area (Å²) < 4.78 is 26.4. The molecule has 2 saturated heterocycles. The molecule has 0 N–H and O–H groups in total. The van der Waals surface area contributed by atoms with Gasteiger partial charge in [0.2, 0.25) is 6.43 Å². The van der Waals surface area contributed by atoms with Crippen molar-refractivity contribution < 1.29 is 13.6 Å². The topological polar surface area (TPSA) is 55.2 Å². The first-order valence-corrected chi connectivity index (χ1v) is 7.59. The molecule has 2 aliphatic heterocycles. The minimum atomic E-state index is -2.29. The molecular weight excluding hydrogens is 292 g/mol. The largest absolute Gasteiger partial charge is 0.331 e. The third-order valence-corrected chi connectivity index (χ3v) is 4.77. The number of hydrogen-bond donors (Lipinski definition) is 0. The minimum Gasteiger partial charge on any atom is -0.331 e. The Kier molecular flexibility index (Phi) is 3.97. The molecule has 2 bridgehead atoms. The highest BCUT2D eigenvalue weighted by Gasteiger charge is 2.44. The minimum absolute atomic E-state index is 0.000795. The number of carbonyl (C=O) groups is 1. The van der Waals surface area contributed by atoms with Crippen molar-refractivity contribution in [1.29, 1.82) is 0 Å². The summed E-state index contributed by atoms with van der Waals surface area (Å²) >= 11 is 0. The number of piperidine rings is 1. The van der Waals surface area contributed by atoms with Gasteiger partial charge in [0.1, 0.15) is 5.69 Å². The predicted molar refractivity (Wildman–Crippen MR) is 75.8 cm³/mol. The molecule has 0 aromatic carbocycles. The summed E-state index contributed by atoms with van der Waals surface area (Å²) in [5.74, 6) is -0.265. The Balaban J connectivity index is 1.77. The van der Waals surface area contributed by atoms with Gasteiger partial charge in [-0.3, -0.25) is 9.59 Å². The van der Waals surface area contributed by atoms with Crippen LogP contribution in [-0.4, -0.2) is 38.9 Å². The van der Waals surface area contributed by atoms with Crippen LogP contribution in [0.5, 0.6) is 0 Å². The lowest BCUT2D eigenvalue weighted by Gasteiger charge is -2.38. The predicted octanol–water partition coefficient (Wildman–Crippen LogP) is 1.82. The number of alkyl halides is 2. The summed E-state index contributed by atoms with van der Waals surface area (Å²) in [4.78, 5) is 30.1. The van der Waals surface area contributed by atoms with Gasteiger partial charge in [0, 0.05) is 31.6 Å². The van der Waals surface area contributed by atoms with Crippen molar-refractivity contribution in [2.75, 3.05) is 0 Å². The molecule has 2 unspecified atom stereocenters. The third-order valence-electron chi connectivity index (χ3n) is 4.77. The number of halogens is 2. The Hall–Kier alpha value is -1.79. The standard InChI is InChI=1S/C15H19F2N3O2/c1-19-8-18-12(7-14(19)21)15(22)20-10-2-3-11(20)5-9(4-10)6-13(16)17/h7-11,13H,2-6H2,1H3. The van der Waals surface area contributed by atoms with Crippen molar-refractivity contribution in [1.82, 2.24) is 14.5 Å². The molecule has 2 atom stereocenters. The highest BCUT2D eigenvalue weighted by atomic mass is 19.3. The van der Waals surface area contributed by atoms with Gasteiger partial charge >= 0.3 is 0 Å². The van der Waals surface area contributed by atoms with Gasteiger partial charge in [-0.1, -0.05) is 0 Å². The van der Waals surface area contributed by atoms with E-state index in [1.165, 1.54) is 17.0 Å². The molecule has 22 heavy (non-hydrogen) atoms. The van der Waals surface area contributed by atoms with Gasteiger partial charge in [-0.25, -0.2) is 13.8 Å². The van der Waals surface area contributed by atoms with E-state index in [1.54, 1.807) is 11.9 Å². The van der Waals surface area contributed by atoms with Crippen molar-refractivity contribution in [3.8, 4) is 0 Å². The average Bonchev–Trinajstić information content (AvgIpc) is 2.72. The molecular formula is C15H19F2N3O2. The normalized spacial score (nSPS) is 27.5. The number of aromatic nitrogens is 2. The van der Waals surface area contributed by atoms with Gasteiger partial charge < -0.3 is 9.47 Å². The number of carbonyl (C=O) groups excluding carboxylic acids is 1. The molecule has 0 radical (unpaired) electrons. The van der Waals surface area contributed by atoms with Crippen LogP contribution in [0.25, 0.3) is 0 Å². The number of nitrogens with zero attached hydrogens (tertiary/aromatic N) is 3. The maximum Gasteiger partial charge on any atom is 0.273 e. The third kappa shape index (κ3) is 2.76. The zero-order valence-corrected chi connectivity index (χ0v) is 12.4. The average molecular weight is 311 g/mol. The van der Waals surface area contributed by atoms with Gasteiger partial charge in [-0.05, 0) is 31.6 Å². The van der Waals surface area contributed by atoms with Crippen LogP contribution in [-0.2, 0) is 7.05 Å². The fourth-order valence-corrected chi connectivity index (χ4v) is 3.78. The van der Waals surface area contributed by atoms with Gasteiger partial charge in [-0.15, -0.1) is 0 Å². The Labute approximate surface area is 126 Å². The van der Waals surface area contributed by atoms with Crippen molar-refractivity contribution in [3.05, 3.63) is 28.4 Å². The van der Waals surface area contributed by atoms with Crippen LogP contribution in [0, 0.1) is 5.92 Å². The van der Waals surface area contributed by atoms with Gasteiger partial charge in [0.15, 0.2) is 0 Å². The maximum absolute atomic E-state index is 12.6. The summed E-state index contributed by atoms with van der Waals surface area (Å²) in [5.41, 5.74) is -0.134. The van der Waals surface area contributed by atoms with Crippen LogP contribution in [0.2, 0.25) is 0 Å². The van der Waals surface area contributed by atoms with Crippen LogP contribution in [0.15, 0.2) is 17.2 Å². The molecule has 2 aliphatic rings. The van der Waals surface area contributed by atoms with Crippen molar-refractivity contribution in [2.24, 2.45) is 13.0 Å². The Morgan fingerprint density at radius 1 is 1.36 bits per heavy atom. The zero-order valence-electron chi connectivity index (χ0n) is 12.4. The highest BCUT2D eigenvalue weighted by Crippen LogP contribution is 2.41. The summed E-state index contributed by atoms with van der Waals surface area (Å²) in [6.07, 6.45) is 1.90. The summed E-state index contributed by atoms with van der Waals surface area (Å²) in [6.45, 7) is 0. The summed E-state index contributed by atoms with van der Waals surface area (Å²) in [7, 11) is 1.57. The second kappa shape index (κ2) is 5.78. The number of hydrogen-bond acceptors (Lipinski definition) is 3. The van der Waals surface area contributed by atoms with Gasteiger partial charge in [0.05, 0.1) is 6.33 Å². The number of aryl methyl sites for hydroxylation is 1. The monoisotopic (exact) mass is 311 g/mol. The highest BCUT2D eigenvalue weighted by molar-refractivity contribution is 5.92. The van der Waals surface area contributed by atoms with E-state index < -0.39 is 6.43 Å². The first kappa shape index (κ1) is 15.1. The number of rotatable bonds is 3.